The lowest BCUT2D eigenvalue weighted by Gasteiger charge is -2.19. The van der Waals surface area contributed by atoms with Crippen molar-refractivity contribution >= 4 is 49.3 Å². The standard InChI is InChI=1S/C45H25N5/c1-48-32-21-22-37-39-24-29(27-46)20-23-42(39)49(44(37)26-32)33-12-8-10-30(25-33)34-13-2-3-16-38(34)45-31(28-47)11-9-19-43(45)50-40-17-6-4-14-35(40)36-15-5-7-18-41(36)50/h2-26H. The summed E-state index contributed by atoms with van der Waals surface area (Å²) in [5.41, 5.74) is 11.4. The molecule has 230 valence electrons. The van der Waals surface area contributed by atoms with Crippen LogP contribution in [0.15, 0.2) is 152 Å². The van der Waals surface area contributed by atoms with E-state index in [1.807, 2.05) is 66.7 Å². The van der Waals surface area contributed by atoms with Crippen LogP contribution in [0.4, 0.5) is 5.69 Å². The monoisotopic (exact) mass is 635 g/mol. The number of hydrogen-bond acceptors (Lipinski definition) is 2. The average molecular weight is 636 g/mol. The zero-order valence-electron chi connectivity index (χ0n) is 26.7. The molecule has 0 radical (unpaired) electrons. The third-order valence-corrected chi connectivity index (χ3v) is 9.60. The molecule has 50 heavy (non-hydrogen) atoms. The van der Waals surface area contributed by atoms with E-state index in [-0.39, 0.29) is 0 Å². The fraction of sp³-hybridized carbons (Fsp3) is 0. The zero-order chi connectivity index (χ0) is 33.8. The van der Waals surface area contributed by atoms with Crippen LogP contribution in [0, 0.1) is 29.2 Å². The van der Waals surface area contributed by atoms with Crippen LogP contribution >= 0.6 is 0 Å². The van der Waals surface area contributed by atoms with Crippen molar-refractivity contribution in [2.45, 2.75) is 0 Å². The third kappa shape index (κ3) is 4.31. The third-order valence-electron chi connectivity index (χ3n) is 9.60. The molecule has 0 saturated heterocycles. The molecule has 0 saturated carbocycles. The van der Waals surface area contributed by atoms with E-state index in [0.29, 0.717) is 16.8 Å². The molecule has 0 unspecified atom stereocenters. The van der Waals surface area contributed by atoms with Crippen molar-refractivity contribution in [3.8, 4) is 45.8 Å². The molecule has 2 heterocycles. The number of para-hydroxylation sites is 2. The number of nitrogens with zero attached hydrogens (tertiary/aromatic N) is 5. The smallest absolute Gasteiger partial charge is 0.189 e. The fourth-order valence-electron chi connectivity index (χ4n) is 7.48. The highest BCUT2D eigenvalue weighted by Crippen LogP contribution is 2.42. The molecule has 0 aliphatic heterocycles. The van der Waals surface area contributed by atoms with Crippen molar-refractivity contribution < 1.29 is 0 Å². The van der Waals surface area contributed by atoms with Gasteiger partial charge in [-0.1, -0.05) is 91.0 Å². The summed E-state index contributed by atoms with van der Waals surface area (Å²) in [4.78, 5) is 3.71. The van der Waals surface area contributed by atoms with Gasteiger partial charge in [0.1, 0.15) is 0 Å². The molecule has 5 nitrogen and oxygen atoms in total. The van der Waals surface area contributed by atoms with Crippen LogP contribution in [-0.4, -0.2) is 9.13 Å². The van der Waals surface area contributed by atoms with Gasteiger partial charge in [-0.25, -0.2) is 4.85 Å². The molecule has 0 fully saturated rings. The van der Waals surface area contributed by atoms with Gasteiger partial charge < -0.3 is 9.13 Å². The molecule has 0 atom stereocenters. The molecule has 7 aromatic carbocycles. The van der Waals surface area contributed by atoms with Crippen LogP contribution in [0.2, 0.25) is 0 Å². The molecule has 9 aromatic rings. The van der Waals surface area contributed by atoms with Crippen LogP contribution < -0.4 is 0 Å². The average Bonchev–Trinajstić information content (AvgIpc) is 3.69. The SMILES string of the molecule is [C-]#[N+]c1ccc2c3cc(C#N)ccc3n(-c3cccc(-c4ccccc4-c4c(C#N)cccc4-n4c5ccccc5c5ccccc54)c3)c2c1. The largest absolute Gasteiger partial charge is 0.310 e. The topological polar surface area (TPSA) is 61.8 Å². The Kier molecular flexibility index (Phi) is 6.56. The zero-order valence-corrected chi connectivity index (χ0v) is 26.7. The Hall–Kier alpha value is -7.39. The number of fused-ring (bicyclic) bond motifs is 6. The van der Waals surface area contributed by atoms with Crippen molar-refractivity contribution in [2.75, 3.05) is 0 Å². The van der Waals surface area contributed by atoms with Gasteiger partial charge >= 0.3 is 0 Å². The summed E-state index contributed by atoms with van der Waals surface area (Å²) in [5.74, 6) is 0. The number of rotatable bonds is 4. The Labute approximate surface area is 288 Å². The molecule has 0 aliphatic rings. The number of benzene rings is 7. The first-order chi connectivity index (χ1) is 24.7. The van der Waals surface area contributed by atoms with Crippen molar-refractivity contribution in [1.82, 2.24) is 9.13 Å². The first-order valence-electron chi connectivity index (χ1n) is 16.3. The van der Waals surface area contributed by atoms with Crippen LogP contribution in [0.5, 0.6) is 0 Å². The predicted octanol–water partition coefficient (Wildman–Crippen LogP) is 11.5. The first-order valence-corrected chi connectivity index (χ1v) is 16.3. The van der Waals surface area contributed by atoms with Crippen LogP contribution in [0.3, 0.4) is 0 Å². The van der Waals surface area contributed by atoms with Crippen molar-refractivity contribution in [2.24, 2.45) is 0 Å². The lowest BCUT2D eigenvalue weighted by atomic mass is 9.90. The highest BCUT2D eigenvalue weighted by atomic mass is 15.0. The van der Waals surface area contributed by atoms with E-state index in [1.165, 1.54) is 0 Å². The molecule has 5 heteroatoms. The normalized spacial score (nSPS) is 11.1. The minimum Gasteiger partial charge on any atom is -0.310 e. The summed E-state index contributed by atoms with van der Waals surface area (Å²) in [6.45, 7) is 7.68. The Bertz CT molecular complexity index is 2920. The second-order valence-corrected chi connectivity index (χ2v) is 12.3. The highest BCUT2D eigenvalue weighted by molar-refractivity contribution is 6.11. The first kappa shape index (κ1) is 28.8. The summed E-state index contributed by atoms with van der Waals surface area (Å²) in [6, 6.07) is 55.6. The van der Waals surface area contributed by atoms with Crippen molar-refractivity contribution in [1.29, 1.82) is 10.5 Å². The van der Waals surface area contributed by atoms with Gasteiger partial charge in [-0.15, -0.1) is 0 Å². The molecule has 9 rings (SSSR count). The van der Waals surface area contributed by atoms with Crippen molar-refractivity contribution in [3.63, 3.8) is 0 Å². The maximum absolute atomic E-state index is 10.5. The van der Waals surface area contributed by atoms with Gasteiger partial charge in [0.05, 0.1) is 52.1 Å². The van der Waals surface area contributed by atoms with Crippen LogP contribution in [0.1, 0.15) is 11.1 Å². The quantitative estimate of drug-likeness (QED) is 0.181. The molecular formula is C45H25N5. The fourth-order valence-corrected chi connectivity index (χ4v) is 7.48. The molecular weight excluding hydrogens is 611 g/mol. The summed E-state index contributed by atoms with van der Waals surface area (Å²) in [7, 11) is 0. The lowest BCUT2D eigenvalue weighted by molar-refractivity contribution is 1.18. The summed E-state index contributed by atoms with van der Waals surface area (Å²) in [5, 5.41) is 24.5. The second-order valence-electron chi connectivity index (χ2n) is 12.3. The highest BCUT2D eigenvalue weighted by Gasteiger charge is 2.21. The van der Waals surface area contributed by atoms with Gasteiger partial charge in [0.2, 0.25) is 0 Å². The molecule has 0 bridgehead atoms. The van der Waals surface area contributed by atoms with Gasteiger partial charge in [-0.05, 0) is 77.4 Å². The Morgan fingerprint density at radius 2 is 1.18 bits per heavy atom. The lowest BCUT2D eigenvalue weighted by Crippen LogP contribution is -2.00. The van der Waals surface area contributed by atoms with E-state index in [0.717, 1.165) is 77.2 Å². The van der Waals surface area contributed by atoms with E-state index < -0.39 is 0 Å². The van der Waals surface area contributed by atoms with Gasteiger partial charge in [-0.3, -0.25) is 0 Å². The Morgan fingerprint density at radius 3 is 1.92 bits per heavy atom. The Morgan fingerprint density at radius 1 is 0.500 bits per heavy atom. The minimum atomic E-state index is 0.550. The van der Waals surface area contributed by atoms with Crippen LogP contribution in [-0.2, 0) is 0 Å². The molecule has 0 spiro atoms. The molecule has 0 amide bonds. The van der Waals surface area contributed by atoms with Gasteiger partial charge in [-0.2, -0.15) is 10.5 Å². The van der Waals surface area contributed by atoms with E-state index in [1.54, 1.807) is 0 Å². The summed E-state index contributed by atoms with van der Waals surface area (Å²) >= 11 is 0. The maximum atomic E-state index is 10.5. The van der Waals surface area contributed by atoms with Crippen molar-refractivity contribution in [3.05, 3.63) is 174 Å². The maximum Gasteiger partial charge on any atom is 0.189 e. The van der Waals surface area contributed by atoms with E-state index in [2.05, 4.69) is 111 Å². The van der Waals surface area contributed by atoms with Crippen LogP contribution in [0.25, 0.3) is 82.1 Å². The summed E-state index contributed by atoms with van der Waals surface area (Å²) < 4.78 is 4.44. The number of hydrogen-bond donors (Lipinski definition) is 0. The molecule has 0 aliphatic carbocycles. The molecule has 2 aromatic heterocycles. The molecule has 0 N–H and O–H groups in total. The van der Waals surface area contributed by atoms with Gasteiger partial charge in [0.15, 0.2) is 5.69 Å². The number of aromatic nitrogens is 2. The van der Waals surface area contributed by atoms with E-state index in [9.17, 15) is 10.5 Å². The van der Waals surface area contributed by atoms with E-state index >= 15 is 0 Å². The predicted molar refractivity (Wildman–Crippen MR) is 202 cm³/mol. The van der Waals surface area contributed by atoms with Gasteiger partial charge in [0, 0.05) is 38.3 Å². The number of nitriles is 2. The van der Waals surface area contributed by atoms with E-state index in [4.69, 9.17) is 6.57 Å². The van der Waals surface area contributed by atoms with Gasteiger partial charge in [0.25, 0.3) is 0 Å². The minimum absolute atomic E-state index is 0.550. The summed E-state index contributed by atoms with van der Waals surface area (Å²) in [6.07, 6.45) is 0. The Balaban J connectivity index is 1.29. The second kappa shape index (κ2) is 11.4.